The van der Waals surface area contributed by atoms with Crippen molar-refractivity contribution < 1.29 is 9.18 Å². The summed E-state index contributed by atoms with van der Waals surface area (Å²) in [5.41, 5.74) is 3.34. The van der Waals surface area contributed by atoms with Gasteiger partial charge in [-0.2, -0.15) is 0 Å². The third kappa shape index (κ3) is 2.93. The fourth-order valence-electron chi connectivity index (χ4n) is 2.33. The lowest BCUT2D eigenvalue weighted by Gasteiger charge is -2.10. The van der Waals surface area contributed by atoms with Crippen molar-refractivity contribution in [1.82, 2.24) is 4.57 Å². The molecule has 106 valence electrons. The van der Waals surface area contributed by atoms with E-state index in [4.69, 9.17) is 11.6 Å². The molecule has 0 aliphatic heterocycles. The second-order valence-electron chi connectivity index (χ2n) is 4.98. The number of hydrogen-bond donors (Lipinski definition) is 0. The summed E-state index contributed by atoms with van der Waals surface area (Å²) in [6, 6.07) is 8.32. The Morgan fingerprint density at radius 3 is 2.65 bits per heavy atom. The van der Waals surface area contributed by atoms with Crippen molar-refractivity contribution in [1.29, 1.82) is 0 Å². The third-order valence-corrected chi connectivity index (χ3v) is 3.63. The number of ketones is 1. The minimum absolute atomic E-state index is 0.0785. The number of alkyl halides is 1. The van der Waals surface area contributed by atoms with Gasteiger partial charge in [-0.05, 0) is 44.5 Å². The van der Waals surface area contributed by atoms with E-state index in [2.05, 4.69) is 0 Å². The van der Waals surface area contributed by atoms with E-state index < -0.39 is 5.38 Å². The van der Waals surface area contributed by atoms with Crippen molar-refractivity contribution in [2.24, 2.45) is 0 Å². The summed E-state index contributed by atoms with van der Waals surface area (Å²) in [7, 11) is 0. The zero-order chi connectivity index (χ0) is 14.9. The van der Waals surface area contributed by atoms with Crippen LogP contribution in [0.5, 0.6) is 0 Å². The van der Waals surface area contributed by atoms with Gasteiger partial charge in [0.1, 0.15) is 5.82 Å². The van der Waals surface area contributed by atoms with Crippen LogP contribution in [0.2, 0.25) is 0 Å². The normalized spacial score (nSPS) is 12.4. The number of benzene rings is 1. The van der Waals surface area contributed by atoms with Crippen molar-refractivity contribution >= 4 is 17.4 Å². The van der Waals surface area contributed by atoms with Crippen LogP contribution in [0.4, 0.5) is 4.39 Å². The van der Waals surface area contributed by atoms with Crippen LogP contribution in [0.25, 0.3) is 0 Å². The van der Waals surface area contributed by atoms with E-state index in [1.807, 2.05) is 30.5 Å². The van der Waals surface area contributed by atoms with Crippen LogP contribution >= 0.6 is 11.6 Å². The maximum Gasteiger partial charge on any atom is 0.182 e. The van der Waals surface area contributed by atoms with E-state index in [0.717, 1.165) is 17.0 Å². The second-order valence-corrected chi connectivity index (χ2v) is 5.64. The van der Waals surface area contributed by atoms with Crippen molar-refractivity contribution in [2.75, 3.05) is 0 Å². The van der Waals surface area contributed by atoms with Gasteiger partial charge in [0, 0.05) is 23.5 Å². The molecule has 2 nitrogen and oxygen atoms in total. The average Bonchev–Trinajstić information content (AvgIpc) is 2.66. The lowest BCUT2D eigenvalue weighted by Crippen LogP contribution is -2.12. The van der Waals surface area contributed by atoms with Gasteiger partial charge in [-0.1, -0.05) is 12.1 Å². The monoisotopic (exact) mass is 293 g/mol. The first-order valence-corrected chi connectivity index (χ1v) is 6.93. The maximum absolute atomic E-state index is 13.2. The van der Waals surface area contributed by atoms with Gasteiger partial charge in [-0.25, -0.2) is 4.39 Å². The van der Waals surface area contributed by atoms with Gasteiger partial charge in [-0.15, -0.1) is 11.6 Å². The largest absolute Gasteiger partial charge is 0.344 e. The summed E-state index contributed by atoms with van der Waals surface area (Å²) in [5, 5.41) is -0.543. The summed E-state index contributed by atoms with van der Waals surface area (Å²) in [6.45, 7) is 6.03. The summed E-state index contributed by atoms with van der Waals surface area (Å²) in [5.74, 6) is -0.332. The molecule has 4 heteroatoms. The zero-order valence-electron chi connectivity index (χ0n) is 11.8. The number of aryl methyl sites for hydroxylation is 1. The molecule has 0 amide bonds. The van der Waals surface area contributed by atoms with Crippen molar-refractivity contribution in [3.8, 4) is 0 Å². The first kappa shape index (κ1) is 14.8. The molecule has 0 saturated heterocycles. The zero-order valence-corrected chi connectivity index (χ0v) is 12.5. The van der Waals surface area contributed by atoms with Crippen LogP contribution in [0.15, 0.2) is 30.3 Å². The number of hydrogen-bond acceptors (Lipinski definition) is 1. The number of nitrogens with zero attached hydrogens (tertiary/aromatic N) is 1. The lowest BCUT2D eigenvalue weighted by molar-refractivity contribution is 0.0991. The molecule has 1 unspecified atom stereocenters. The molecule has 0 saturated carbocycles. The number of carbonyl (C=O) groups excluding carboxylic acids is 1. The summed E-state index contributed by atoms with van der Waals surface area (Å²) in [6.07, 6.45) is 0. The topological polar surface area (TPSA) is 22.0 Å². The number of halogens is 2. The molecule has 0 fully saturated rings. The Kier molecular flexibility index (Phi) is 4.29. The Morgan fingerprint density at radius 2 is 2.05 bits per heavy atom. The van der Waals surface area contributed by atoms with E-state index >= 15 is 0 Å². The smallest absolute Gasteiger partial charge is 0.182 e. The first-order chi connectivity index (χ1) is 9.40. The van der Waals surface area contributed by atoms with Crippen molar-refractivity contribution in [3.05, 3.63) is 58.7 Å². The van der Waals surface area contributed by atoms with Gasteiger partial charge in [-0.3, -0.25) is 4.79 Å². The number of aromatic nitrogens is 1. The van der Waals surface area contributed by atoms with Crippen LogP contribution in [0, 0.1) is 19.7 Å². The van der Waals surface area contributed by atoms with Gasteiger partial charge in [0.25, 0.3) is 0 Å². The maximum atomic E-state index is 13.2. The molecule has 1 aromatic carbocycles. The molecule has 0 aliphatic carbocycles. The average molecular weight is 294 g/mol. The highest BCUT2D eigenvalue weighted by atomic mass is 35.5. The lowest BCUT2D eigenvalue weighted by atomic mass is 10.1. The van der Waals surface area contributed by atoms with E-state index in [-0.39, 0.29) is 11.6 Å². The van der Waals surface area contributed by atoms with Crippen LogP contribution in [-0.4, -0.2) is 15.7 Å². The van der Waals surface area contributed by atoms with Crippen molar-refractivity contribution in [2.45, 2.75) is 32.7 Å². The predicted molar refractivity (Wildman–Crippen MR) is 79.1 cm³/mol. The fourth-order valence-corrected chi connectivity index (χ4v) is 2.44. The molecule has 20 heavy (non-hydrogen) atoms. The van der Waals surface area contributed by atoms with E-state index in [0.29, 0.717) is 12.1 Å². The molecule has 1 atom stereocenters. The molecule has 0 aliphatic rings. The molecule has 1 heterocycles. The number of rotatable bonds is 4. The highest BCUT2D eigenvalue weighted by molar-refractivity contribution is 6.33. The fraction of sp³-hybridized carbons (Fsp3) is 0.312. The number of Topliss-reactive ketones (excluding diaryl/α,β-unsaturated/α-hetero) is 1. The SMILES string of the molecule is Cc1cc(C(=O)C(C)Cl)c(C)n1Cc1cccc(F)c1. The summed E-state index contributed by atoms with van der Waals surface area (Å²) >= 11 is 5.87. The molecule has 0 bridgehead atoms. The summed E-state index contributed by atoms with van der Waals surface area (Å²) < 4.78 is 15.2. The quantitative estimate of drug-likeness (QED) is 0.614. The molecule has 0 N–H and O–H groups in total. The Hall–Kier alpha value is -1.61. The second kappa shape index (κ2) is 5.80. The Balaban J connectivity index is 2.36. The standard InChI is InChI=1S/C16H17ClFNO/c1-10-7-15(16(20)11(2)17)12(3)19(10)9-13-5-4-6-14(18)8-13/h4-8,11H,9H2,1-3H3. The van der Waals surface area contributed by atoms with Gasteiger partial charge >= 0.3 is 0 Å². The predicted octanol–water partition coefficient (Wildman–Crippen LogP) is 4.10. The molecule has 0 radical (unpaired) electrons. The van der Waals surface area contributed by atoms with Gasteiger partial charge < -0.3 is 4.57 Å². The third-order valence-electron chi connectivity index (χ3n) is 3.43. The van der Waals surface area contributed by atoms with E-state index in [9.17, 15) is 9.18 Å². The van der Waals surface area contributed by atoms with Crippen molar-refractivity contribution in [3.63, 3.8) is 0 Å². The summed E-state index contributed by atoms with van der Waals surface area (Å²) in [4.78, 5) is 12.0. The number of carbonyl (C=O) groups is 1. The highest BCUT2D eigenvalue weighted by Crippen LogP contribution is 2.20. The van der Waals surface area contributed by atoms with Crippen LogP contribution in [0.1, 0.15) is 34.2 Å². The molecule has 2 aromatic rings. The minimum Gasteiger partial charge on any atom is -0.344 e. The minimum atomic E-state index is -0.543. The van der Waals surface area contributed by atoms with Crippen LogP contribution in [-0.2, 0) is 6.54 Å². The highest BCUT2D eigenvalue weighted by Gasteiger charge is 2.19. The molecule has 1 aromatic heterocycles. The van der Waals surface area contributed by atoms with E-state index in [1.54, 1.807) is 13.0 Å². The molecular formula is C16H17ClFNO. The molecule has 0 spiro atoms. The Morgan fingerprint density at radius 1 is 1.35 bits per heavy atom. The van der Waals surface area contributed by atoms with E-state index in [1.165, 1.54) is 12.1 Å². The van der Waals surface area contributed by atoms with Gasteiger partial charge in [0.05, 0.1) is 5.38 Å². The molecular weight excluding hydrogens is 277 g/mol. The first-order valence-electron chi connectivity index (χ1n) is 6.49. The molecule has 2 rings (SSSR count). The Bertz CT molecular complexity index is 646. The van der Waals surface area contributed by atoms with Crippen LogP contribution < -0.4 is 0 Å². The van der Waals surface area contributed by atoms with Crippen LogP contribution in [0.3, 0.4) is 0 Å². The van der Waals surface area contributed by atoms with Gasteiger partial charge in [0.2, 0.25) is 0 Å². The Labute approximate surface area is 123 Å². The van der Waals surface area contributed by atoms with Gasteiger partial charge in [0.15, 0.2) is 5.78 Å².